The van der Waals surface area contributed by atoms with Crippen LogP contribution in [0.1, 0.15) is 34.3 Å². The van der Waals surface area contributed by atoms with Crippen LogP contribution in [0.5, 0.6) is 0 Å². The number of carbonyl (C=O) groups is 2. The summed E-state index contributed by atoms with van der Waals surface area (Å²) in [6.07, 6.45) is 3.61. The molecule has 7 nitrogen and oxygen atoms in total. The molecule has 1 fully saturated rings. The fourth-order valence-corrected chi connectivity index (χ4v) is 4.35. The molecule has 1 aromatic heterocycles. The van der Waals surface area contributed by atoms with Crippen LogP contribution in [0.25, 0.3) is 0 Å². The van der Waals surface area contributed by atoms with Gasteiger partial charge in [-0.15, -0.1) is 0 Å². The Labute approximate surface area is 214 Å². The van der Waals surface area contributed by atoms with Gasteiger partial charge < -0.3 is 20.9 Å². The molecule has 2 aromatic carbocycles. The van der Waals surface area contributed by atoms with E-state index in [4.69, 9.17) is 23.2 Å². The lowest BCUT2D eigenvalue weighted by Gasteiger charge is -2.24. The molecule has 0 unspecified atom stereocenters. The van der Waals surface area contributed by atoms with Crippen LogP contribution in [0.4, 0.5) is 16.3 Å². The Morgan fingerprint density at radius 3 is 2.37 bits per heavy atom. The highest BCUT2D eigenvalue weighted by atomic mass is 35.5. The highest BCUT2D eigenvalue weighted by Gasteiger charge is 2.45. The Morgan fingerprint density at radius 2 is 1.74 bits per heavy atom. The molecule has 0 radical (unpaired) electrons. The number of rotatable bonds is 8. The van der Waals surface area contributed by atoms with E-state index in [-0.39, 0.29) is 17.4 Å². The van der Waals surface area contributed by atoms with Crippen LogP contribution in [0.3, 0.4) is 0 Å². The molecule has 3 aromatic rings. The normalized spacial score (nSPS) is 13.6. The smallest absolute Gasteiger partial charge is 0.316 e. The van der Waals surface area contributed by atoms with Crippen molar-refractivity contribution in [1.82, 2.24) is 15.2 Å². The second kappa shape index (κ2) is 10.5. The van der Waals surface area contributed by atoms with E-state index in [2.05, 4.69) is 45.2 Å². The summed E-state index contributed by atoms with van der Waals surface area (Å²) in [6.45, 7) is 1.22. The summed E-state index contributed by atoms with van der Waals surface area (Å²) in [5.74, 6) is 0.0769. The van der Waals surface area contributed by atoms with E-state index in [1.54, 1.807) is 42.3 Å². The lowest BCUT2D eigenvalue weighted by atomic mass is 9.94. The van der Waals surface area contributed by atoms with Crippen molar-refractivity contribution >= 4 is 46.6 Å². The minimum absolute atomic E-state index is 0.0321. The van der Waals surface area contributed by atoms with Gasteiger partial charge in [0.2, 0.25) is 0 Å². The molecule has 1 saturated carbocycles. The third kappa shape index (κ3) is 6.05. The molecular weight excluding hydrogens is 485 g/mol. The van der Waals surface area contributed by atoms with Gasteiger partial charge in [0.05, 0.1) is 10.6 Å². The molecule has 0 bridgehead atoms. The van der Waals surface area contributed by atoms with Gasteiger partial charge in [0, 0.05) is 49.5 Å². The van der Waals surface area contributed by atoms with Crippen LogP contribution in [0, 0.1) is 0 Å². The summed E-state index contributed by atoms with van der Waals surface area (Å²) in [4.78, 5) is 30.6. The van der Waals surface area contributed by atoms with E-state index in [0.717, 1.165) is 18.4 Å². The summed E-state index contributed by atoms with van der Waals surface area (Å²) < 4.78 is 0. The molecule has 3 amide bonds. The van der Waals surface area contributed by atoms with Crippen LogP contribution < -0.4 is 16.0 Å². The number of aromatic nitrogens is 1. The van der Waals surface area contributed by atoms with Gasteiger partial charge >= 0.3 is 6.03 Å². The molecule has 1 aliphatic carbocycles. The minimum Gasteiger partial charge on any atom is -0.380 e. The summed E-state index contributed by atoms with van der Waals surface area (Å²) in [5, 5.41) is 9.74. The molecule has 0 saturated heterocycles. The number of amides is 3. The Hall–Kier alpha value is -3.29. The lowest BCUT2D eigenvalue weighted by molar-refractivity contribution is 0.102. The Kier molecular flexibility index (Phi) is 7.48. The van der Waals surface area contributed by atoms with Gasteiger partial charge in [0.1, 0.15) is 5.82 Å². The predicted molar refractivity (Wildman–Crippen MR) is 140 cm³/mol. The van der Waals surface area contributed by atoms with E-state index >= 15 is 0 Å². The van der Waals surface area contributed by atoms with E-state index in [9.17, 15) is 9.59 Å². The number of pyridine rings is 1. The van der Waals surface area contributed by atoms with Crippen molar-refractivity contribution in [2.24, 2.45) is 0 Å². The molecule has 1 heterocycles. The molecule has 1 aliphatic rings. The number of likely N-dealkylation sites (N-methyl/N-ethyl adjacent to an activating group) is 1. The summed E-state index contributed by atoms with van der Waals surface area (Å²) >= 11 is 12.0. The number of urea groups is 1. The van der Waals surface area contributed by atoms with Gasteiger partial charge in [-0.25, -0.2) is 9.78 Å². The zero-order valence-electron chi connectivity index (χ0n) is 19.6. The van der Waals surface area contributed by atoms with Crippen molar-refractivity contribution in [2.45, 2.75) is 24.8 Å². The third-order valence-corrected chi connectivity index (χ3v) is 6.66. The Bertz CT molecular complexity index is 1210. The van der Waals surface area contributed by atoms with Crippen molar-refractivity contribution in [3.05, 3.63) is 87.5 Å². The van der Waals surface area contributed by atoms with Crippen molar-refractivity contribution in [3.8, 4) is 0 Å². The second-order valence-electron chi connectivity index (χ2n) is 8.75. The standard InChI is InChI=1S/C26H27Cl2N5O2/c1-29-25(35)33(2)16-26(11-12-26)18-5-3-17(4-6-18)14-30-22-9-7-19(27)13-21(22)24(34)32-23-10-8-20(28)15-31-23/h3-10,13,15,30H,11-12,14,16H2,1-2H3,(H,29,35)(H,31,32,34). The van der Waals surface area contributed by atoms with Crippen LogP contribution >= 0.6 is 23.2 Å². The fraction of sp³-hybridized carbons (Fsp3) is 0.269. The largest absolute Gasteiger partial charge is 0.380 e. The summed E-state index contributed by atoms with van der Waals surface area (Å²) in [6, 6.07) is 16.8. The van der Waals surface area contributed by atoms with Crippen LogP contribution in [0.2, 0.25) is 10.0 Å². The highest BCUT2D eigenvalue weighted by molar-refractivity contribution is 6.31. The average Bonchev–Trinajstić information content (AvgIpc) is 3.64. The molecule has 182 valence electrons. The first-order valence-electron chi connectivity index (χ1n) is 11.3. The maximum atomic E-state index is 12.9. The molecule has 9 heteroatoms. The Morgan fingerprint density at radius 1 is 1.03 bits per heavy atom. The first kappa shape index (κ1) is 24.8. The zero-order chi connectivity index (χ0) is 25.0. The van der Waals surface area contributed by atoms with Gasteiger partial charge in [-0.3, -0.25) is 4.79 Å². The predicted octanol–water partition coefficient (Wildman–Crippen LogP) is 5.56. The molecule has 3 N–H and O–H groups in total. The SMILES string of the molecule is CNC(=O)N(C)CC1(c2ccc(CNc3ccc(Cl)cc3C(=O)Nc3ccc(Cl)cn3)cc2)CC1. The molecule has 4 rings (SSSR count). The topological polar surface area (TPSA) is 86.4 Å². The van der Waals surface area contributed by atoms with E-state index in [1.807, 2.05) is 7.05 Å². The quantitative estimate of drug-likeness (QED) is 0.369. The average molecular weight is 512 g/mol. The summed E-state index contributed by atoms with van der Waals surface area (Å²) in [5.41, 5.74) is 3.42. The van der Waals surface area contributed by atoms with Crippen LogP contribution in [0.15, 0.2) is 60.8 Å². The van der Waals surface area contributed by atoms with Gasteiger partial charge in [0.15, 0.2) is 0 Å². The lowest BCUT2D eigenvalue weighted by Crippen LogP contribution is -2.39. The van der Waals surface area contributed by atoms with Crippen molar-refractivity contribution in [1.29, 1.82) is 0 Å². The van der Waals surface area contributed by atoms with Crippen molar-refractivity contribution in [2.75, 3.05) is 31.3 Å². The number of carbonyl (C=O) groups excluding carboxylic acids is 2. The zero-order valence-corrected chi connectivity index (χ0v) is 21.1. The number of nitrogens with zero attached hydrogens (tertiary/aromatic N) is 2. The number of anilines is 2. The first-order chi connectivity index (χ1) is 16.8. The van der Waals surface area contributed by atoms with Crippen LogP contribution in [-0.4, -0.2) is 42.5 Å². The van der Waals surface area contributed by atoms with Crippen LogP contribution in [-0.2, 0) is 12.0 Å². The Balaban J connectivity index is 1.42. The number of hydrogen-bond donors (Lipinski definition) is 3. The molecule has 0 atom stereocenters. The third-order valence-electron chi connectivity index (χ3n) is 6.20. The van der Waals surface area contributed by atoms with Crippen molar-refractivity contribution in [3.63, 3.8) is 0 Å². The van der Waals surface area contributed by atoms with E-state index in [1.165, 1.54) is 11.8 Å². The van der Waals surface area contributed by atoms with Gasteiger partial charge in [-0.05, 0) is 54.3 Å². The first-order valence-corrected chi connectivity index (χ1v) is 12.0. The fourth-order valence-electron chi connectivity index (χ4n) is 4.07. The van der Waals surface area contributed by atoms with E-state index in [0.29, 0.717) is 40.2 Å². The number of nitrogens with one attached hydrogen (secondary N) is 3. The van der Waals surface area contributed by atoms with Gasteiger partial charge in [-0.2, -0.15) is 0 Å². The maximum absolute atomic E-state index is 12.9. The number of hydrogen-bond acceptors (Lipinski definition) is 4. The maximum Gasteiger partial charge on any atom is 0.316 e. The molecule has 0 spiro atoms. The molecule has 0 aliphatic heterocycles. The number of benzene rings is 2. The van der Waals surface area contributed by atoms with E-state index < -0.39 is 0 Å². The summed E-state index contributed by atoms with van der Waals surface area (Å²) in [7, 11) is 3.46. The molecule has 35 heavy (non-hydrogen) atoms. The van der Waals surface area contributed by atoms with Crippen molar-refractivity contribution < 1.29 is 9.59 Å². The monoisotopic (exact) mass is 511 g/mol. The second-order valence-corrected chi connectivity index (χ2v) is 9.62. The molecular formula is C26H27Cl2N5O2. The highest BCUT2D eigenvalue weighted by Crippen LogP contribution is 2.48. The number of halogens is 2. The van der Waals surface area contributed by atoms with Gasteiger partial charge in [0.25, 0.3) is 5.91 Å². The minimum atomic E-state index is -0.323. The van der Waals surface area contributed by atoms with Gasteiger partial charge in [-0.1, -0.05) is 47.5 Å².